The number of nitro benzene ring substituents is 1. The van der Waals surface area contributed by atoms with E-state index in [4.69, 9.17) is 0 Å². The molecule has 1 aromatic carbocycles. The van der Waals surface area contributed by atoms with Crippen molar-refractivity contribution in [2.75, 3.05) is 11.9 Å². The molecule has 0 unspecified atom stereocenters. The summed E-state index contributed by atoms with van der Waals surface area (Å²) in [7, 11) is -3.94. The van der Waals surface area contributed by atoms with Crippen molar-refractivity contribution in [3.63, 3.8) is 0 Å². The quantitative estimate of drug-likeness (QED) is 0.455. The van der Waals surface area contributed by atoms with E-state index in [-0.39, 0.29) is 22.7 Å². The third-order valence-electron chi connectivity index (χ3n) is 3.13. The SMILES string of the molecule is CC(C)(CBr)CN1C(=O)c2cc([N+](=O)[O-])ccc2S1(=O)=O. The molecule has 0 bridgehead atoms. The highest BCUT2D eigenvalue weighted by atomic mass is 79.9. The summed E-state index contributed by atoms with van der Waals surface area (Å²) in [6, 6.07) is 3.21. The van der Waals surface area contributed by atoms with Gasteiger partial charge in [0, 0.05) is 24.0 Å². The van der Waals surface area contributed by atoms with Crippen molar-refractivity contribution in [3.05, 3.63) is 33.9 Å². The van der Waals surface area contributed by atoms with Crippen LogP contribution in [0.2, 0.25) is 0 Å². The van der Waals surface area contributed by atoms with E-state index < -0.39 is 26.3 Å². The van der Waals surface area contributed by atoms with E-state index >= 15 is 0 Å². The van der Waals surface area contributed by atoms with E-state index in [0.29, 0.717) is 5.33 Å². The Morgan fingerprint density at radius 1 is 1.38 bits per heavy atom. The van der Waals surface area contributed by atoms with Crippen LogP contribution >= 0.6 is 15.9 Å². The van der Waals surface area contributed by atoms with Gasteiger partial charge >= 0.3 is 0 Å². The number of alkyl halides is 1. The minimum atomic E-state index is -3.94. The van der Waals surface area contributed by atoms with Crippen molar-refractivity contribution in [1.29, 1.82) is 0 Å². The lowest BCUT2D eigenvalue weighted by Crippen LogP contribution is -2.39. The minimum Gasteiger partial charge on any atom is -0.268 e. The fourth-order valence-corrected chi connectivity index (χ4v) is 3.89. The molecule has 1 aliphatic heterocycles. The maximum absolute atomic E-state index is 12.4. The number of carbonyl (C=O) groups excluding carboxylic acids is 1. The maximum atomic E-state index is 12.4. The smallest absolute Gasteiger partial charge is 0.268 e. The van der Waals surface area contributed by atoms with Crippen LogP contribution in [-0.2, 0) is 10.0 Å². The first kappa shape index (κ1) is 15.9. The zero-order valence-electron chi connectivity index (χ0n) is 11.4. The number of fused-ring (bicyclic) bond motifs is 1. The Morgan fingerprint density at radius 3 is 2.52 bits per heavy atom. The molecule has 1 amide bonds. The van der Waals surface area contributed by atoms with E-state index in [1.165, 1.54) is 0 Å². The summed E-state index contributed by atoms with van der Waals surface area (Å²) in [5.74, 6) is -0.720. The fraction of sp³-hybridized carbons (Fsp3) is 0.417. The summed E-state index contributed by atoms with van der Waals surface area (Å²) in [5, 5.41) is 11.3. The lowest BCUT2D eigenvalue weighted by molar-refractivity contribution is -0.384. The third-order valence-corrected chi connectivity index (χ3v) is 6.44. The molecule has 0 atom stereocenters. The zero-order chi connectivity index (χ0) is 16.0. The van der Waals surface area contributed by atoms with Crippen LogP contribution in [-0.4, -0.2) is 35.4 Å². The Labute approximate surface area is 130 Å². The van der Waals surface area contributed by atoms with Crippen LogP contribution in [0.1, 0.15) is 24.2 Å². The molecule has 0 saturated carbocycles. The molecular formula is C12H13BrN2O5S. The average molecular weight is 377 g/mol. The van der Waals surface area contributed by atoms with Gasteiger partial charge in [0.2, 0.25) is 0 Å². The molecule has 1 aromatic rings. The molecule has 21 heavy (non-hydrogen) atoms. The van der Waals surface area contributed by atoms with Crippen molar-refractivity contribution < 1.29 is 18.1 Å². The van der Waals surface area contributed by atoms with Crippen LogP contribution in [0.5, 0.6) is 0 Å². The second kappa shape index (κ2) is 5.06. The molecule has 1 heterocycles. The van der Waals surface area contributed by atoms with Crippen LogP contribution in [0.15, 0.2) is 23.1 Å². The first-order valence-corrected chi connectivity index (χ1v) is 8.58. The molecule has 0 spiro atoms. The molecule has 9 heteroatoms. The lowest BCUT2D eigenvalue weighted by atomic mass is 9.97. The molecule has 0 aliphatic carbocycles. The summed E-state index contributed by atoms with van der Waals surface area (Å²) in [4.78, 5) is 22.2. The first-order valence-electron chi connectivity index (χ1n) is 6.02. The van der Waals surface area contributed by atoms with Crippen molar-refractivity contribution in [2.45, 2.75) is 18.7 Å². The van der Waals surface area contributed by atoms with E-state index in [0.717, 1.165) is 22.5 Å². The molecule has 0 fully saturated rings. The minimum absolute atomic E-state index is 0.00188. The molecule has 0 aromatic heterocycles. The van der Waals surface area contributed by atoms with E-state index in [9.17, 15) is 23.3 Å². The van der Waals surface area contributed by atoms with Gasteiger partial charge in [0.25, 0.3) is 21.6 Å². The fourth-order valence-electron chi connectivity index (χ4n) is 1.97. The van der Waals surface area contributed by atoms with Crippen molar-refractivity contribution >= 4 is 37.5 Å². The molecule has 0 N–H and O–H groups in total. The molecule has 0 saturated heterocycles. The van der Waals surface area contributed by atoms with Crippen molar-refractivity contribution in [1.82, 2.24) is 4.31 Å². The summed E-state index contributed by atoms with van der Waals surface area (Å²) in [6.07, 6.45) is 0. The monoisotopic (exact) mass is 376 g/mol. The standard InChI is InChI=1S/C12H13BrN2O5S/c1-12(2,6-13)7-14-11(16)9-5-8(15(17)18)3-4-10(9)21(14,19)20/h3-5H,6-7H2,1-2H3. The number of nitro groups is 1. The number of hydrogen-bond acceptors (Lipinski definition) is 5. The Kier molecular flexibility index (Phi) is 3.83. The summed E-state index contributed by atoms with van der Waals surface area (Å²) >= 11 is 3.28. The number of halogens is 1. The number of non-ortho nitro benzene ring substituents is 1. The predicted molar refractivity (Wildman–Crippen MR) is 78.9 cm³/mol. The lowest BCUT2D eigenvalue weighted by Gasteiger charge is -2.27. The van der Waals surface area contributed by atoms with Crippen molar-refractivity contribution in [2.24, 2.45) is 5.41 Å². The number of rotatable bonds is 4. The normalized spacial score (nSPS) is 16.9. The van der Waals surface area contributed by atoms with Gasteiger partial charge in [-0.15, -0.1) is 0 Å². The second-order valence-corrected chi connectivity index (χ2v) is 7.94. The van der Waals surface area contributed by atoms with Gasteiger partial charge in [-0.3, -0.25) is 14.9 Å². The van der Waals surface area contributed by atoms with Gasteiger partial charge in [0.1, 0.15) is 4.90 Å². The van der Waals surface area contributed by atoms with E-state index in [2.05, 4.69) is 15.9 Å². The molecule has 0 radical (unpaired) electrons. The van der Waals surface area contributed by atoms with E-state index in [1.54, 1.807) is 0 Å². The van der Waals surface area contributed by atoms with E-state index in [1.807, 2.05) is 13.8 Å². The highest BCUT2D eigenvalue weighted by Gasteiger charge is 2.44. The van der Waals surface area contributed by atoms with Crippen molar-refractivity contribution in [3.8, 4) is 0 Å². The summed E-state index contributed by atoms with van der Waals surface area (Å²) in [6.45, 7) is 3.63. The number of carbonyl (C=O) groups is 1. The molecule has 2 rings (SSSR count). The molecule has 1 aliphatic rings. The second-order valence-electron chi connectivity index (χ2n) is 5.55. The highest BCUT2D eigenvalue weighted by Crippen LogP contribution is 2.35. The van der Waals surface area contributed by atoms with Crippen LogP contribution in [0, 0.1) is 15.5 Å². The number of amides is 1. The van der Waals surface area contributed by atoms with Gasteiger partial charge in [-0.1, -0.05) is 29.8 Å². The summed E-state index contributed by atoms with van der Waals surface area (Å²) in [5.41, 5.74) is -0.898. The molecule has 7 nitrogen and oxygen atoms in total. The third kappa shape index (κ3) is 2.67. The Morgan fingerprint density at radius 2 is 2.00 bits per heavy atom. The average Bonchev–Trinajstić information content (AvgIpc) is 2.59. The van der Waals surface area contributed by atoms with Crippen LogP contribution in [0.25, 0.3) is 0 Å². The first-order chi connectivity index (χ1) is 9.60. The highest BCUT2D eigenvalue weighted by molar-refractivity contribution is 9.09. The number of benzene rings is 1. The number of nitrogens with zero attached hydrogens (tertiary/aromatic N) is 2. The number of sulfonamides is 1. The van der Waals surface area contributed by atoms with Crippen LogP contribution in [0.3, 0.4) is 0 Å². The predicted octanol–water partition coefficient (Wildman–Crippen LogP) is 2.16. The van der Waals surface area contributed by atoms with Gasteiger partial charge in [0.15, 0.2) is 0 Å². The molecular weight excluding hydrogens is 364 g/mol. The largest absolute Gasteiger partial charge is 0.270 e. The zero-order valence-corrected chi connectivity index (χ0v) is 13.8. The van der Waals surface area contributed by atoms with Gasteiger partial charge in [-0.25, -0.2) is 12.7 Å². The maximum Gasteiger partial charge on any atom is 0.270 e. The Bertz CT molecular complexity index is 729. The Balaban J connectivity index is 2.52. The van der Waals surface area contributed by atoms with Gasteiger partial charge in [0.05, 0.1) is 10.5 Å². The Hall–Kier alpha value is -1.48. The van der Waals surface area contributed by atoms with Gasteiger partial charge < -0.3 is 0 Å². The number of hydrogen-bond donors (Lipinski definition) is 0. The van der Waals surface area contributed by atoms with Gasteiger partial charge in [-0.2, -0.15) is 0 Å². The topological polar surface area (TPSA) is 97.6 Å². The van der Waals surface area contributed by atoms with Crippen LogP contribution < -0.4 is 0 Å². The summed E-state index contributed by atoms with van der Waals surface area (Å²) < 4.78 is 25.6. The van der Waals surface area contributed by atoms with Crippen LogP contribution in [0.4, 0.5) is 5.69 Å². The van der Waals surface area contributed by atoms with Gasteiger partial charge in [-0.05, 0) is 11.5 Å². The molecule has 114 valence electrons.